The van der Waals surface area contributed by atoms with Crippen LogP contribution in [0.25, 0.3) is 0 Å². The predicted octanol–water partition coefficient (Wildman–Crippen LogP) is 5.90. The van der Waals surface area contributed by atoms with Crippen molar-refractivity contribution >= 4 is 11.9 Å². The Morgan fingerprint density at radius 3 is 2.35 bits per heavy atom. The summed E-state index contributed by atoms with van der Waals surface area (Å²) in [5.41, 5.74) is 2.43. The maximum atomic E-state index is 13.3. The van der Waals surface area contributed by atoms with Crippen LogP contribution in [0.1, 0.15) is 67.1 Å². The van der Waals surface area contributed by atoms with Gasteiger partial charge in [-0.1, -0.05) is 67.1 Å². The molecule has 1 aromatic heterocycles. The van der Waals surface area contributed by atoms with Crippen LogP contribution in [0.5, 0.6) is 11.5 Å². The van der Waals surface area contributed by atoms with Crippen molar-refractivity contribution in [2.75, 3.05) is 7.11 Å². The van der Waals surface area contributed by atoms with Gasteiger partial charge in [0.1, 0.15) is 12.1 Å². The molecule has 1 amide bonds. The molecule has 212 valence electrons. The van der Waals surface area contributed by atoms with E-state index in [-0.39, 0.29) is 29.2 Å². The minimum absolute atomic E-state index is 0.144. The van der Waals surface area contributed by atoms with E-state index in [2.05, 4.69) is 58.8 Å². The zero-order valence-corrected chi connectivity index (χ0v) is 23.4. The molecule has 1 aliphatic rings. The van der Waals surface area contributed by atoms with Crippen LogP contribution in [0.3, 0.4) is 0 Å². The number of aryl methyl sites for hydroxylation is 2. The van der Waals surface area contributed by atoms with Gasteiger partial charge in [-0.2, -0.15) is 0 Å². The van der Waals surface area contributed by atoms with E-state index in [1.54, 1.807) is 0 Å². The maximum absolute atomic E-state index is 13.3. The number of hydrogen-bond donors (Lipinski definition) is 2. The number of cyclic esters (lactones) is 1. The zero-order chi connectivity index (χ0) is 28.3. The highest BCUT2D eigenvalue weighted by Crippen LogP contribution is 2.34. The first-order valence-electron chi connectivity index (χ1n) is 14.3. The number of amides is 1. The van der Waals surface area contributed by atoms with E-state index in [1.165, 1.54) is 30.5 Å². The molecule has 4 atom stereocenters. The molecule has 7 heteroatoms. The lowest BCUT2D eigenvalue weighted by Crippen LogP contribution is -2.43. The van der Waals surface area contributed by atoms with Crippen molar-refractivity contribution in [1.29, 1.82) is 0 Å². The molecule has 1 saturated heterocycles. The molecule has 2 heterocycles. The van der Waals surface area contributed by atoms with Gasteiger partial charge >= 0.3 is 5.97 Å². The number of nitrogens with zero attached hydrogens (tertiary/aromatic N) is 1. The molecule has 2 N–H and O–H groups in total. The van der Waals surface area contributed by atoms with E-state index in [4.69, 9.17) is 9.47 Å². The smallest absolute Gasteiger partial charge is 0.328 e. The summed E-state index contributed by atoms with van der Waals surface area (Å²) in [7, 11) is 1.40. The van der Waals surface area contributed by atoms with Crippen molar-refractivity contribution in [2.24, 2.45) is 11.8 Å². The van der Waals surface area contributed by atoms with E-state index in [0.717, 1.165) is 44.9 Å². The Hall–Kier alpha value is -3.87. The third kappa shape index (κ3) is 7.84. The zero-order valence-electron chi connectivity index (χ0n) is 23.4. The average Bonchev–Trinajstić information content (AvgIpc) is 3.01. The number of aromatic nitrogens is 1. The first-order chi connectivity index (χ1) is 19.5. The summed E-state index contributed by atoms with van der Waals surface area (Å²) in [6, 6.07) is 21.6. The molecule has 0 spiro atoms. The van der Waals surface area contributed by atoms with Crippen molar-refractivity contribution in [1.82, 2.24) is 10.3 Å². The standard InChI is InChI=1S/C33H40N2O5/c1-23-27(20-19-25-13-7-4-8-14-25)26(16-9-15-24-11-5-3-6-12-24)17-10-18-28(33(38)40-23)35-32(37)30-31(36)29(39-2)21-22-34-30/h3-8,11-14,21-23,26-28,36H,9-10,15-20H2,1-2H3,(H,35,37)/t23-,26-,27-,28-/m0/s1. The molecule has 0 unspecified atom stereocenters. The average molecular weight is 545 g/mol. The van der Waals surface area contributed by atoms with Gasteiger partial charge in [-0.05, 0) is 74.8 Å². The molecule has 0 saturated carbocycles. The van der Waals surface area contributed by atoms with E-state index >= 15 is 0 Å². The SMILES string of the molecule is COc1ccnc(C(=O)N[C@H]2CCC[C@H](CCCc3ccccc3)[C@@H](CCc3ccccc3)[C@H](C)OC2=O)c1O. The van der Waals surface area contributed by atoms with Crippen LogP contribution in [-0.2, 0) is 22.4 Å². The summed E-state index contributed by atoms with van der Waals surface area (Å²) in [4.78, 5) is 30.3. The minimum Gasteiger partial charge on any atom is -0.503 e. The van der Waals surface area contributed by atoms with E-state index < -0.39 is 17.9 Å². The van der Waals surface area contributed by atoms with Crippen LogP contribution in [-0.4, -0.2) is 41.2 Å². The molecule has 4 rings (SSSR count). The van der Waals surface area contributed by atoms with Gasteiger partial charge in [-0.15, -0.1) is 0 Å². The molecule has 2 aromatic carbocycles. The first-order valence-corrected chi connectivity index (χ1v) is 14.3. The third-order valence-corrected chi connectivity index (χ3v) is 7.98. The van der Waals surface area contributed by atoms with Crippen LogP contribution < -0.4 is 10.1 Å². The lowest BCUT2D eigenvalue weighted by molar-refractivity contribution is -0.154. The van der Waals surface area contributed by atoms with E-state index in [9.17, 15) is 14.7 Å². The predicted molar refractivity (Wildman–Crippen MR) is 154 cm³/mol. The Bertz CT molecular complexity index is 1230. The summed E-state index contributed by atoms with van der Waals surface area (Å²) in [5, 5.41) is 13.1. The monoisotopic (exact) mass is 544 g/mol. The second kappa shape index (κ2) is 14.5. The van der Waals surface area contributed by atoms with Gasteiger partial charge in [-0.3, -0.25) is 4.79 Å². The second-order valence-electron chi connectivity index (χ2n) is 10.6. The molecule has 7 nitrogen and oxygen atoms in total. The summed E-state index contributed by atoms with van der Waals surface area (Å²) in [5.74, 6) is -0.687. The Morgan fingerprint density at radius 2 is 1.68 bits per heavy atom. The highest BCUT2D eigenvalue weighted by molar-refractivity contribution is 5.97. The van der Waals surface area contributed by atoms with Gasteiger partial charge in [0, 0.05) is 12.3 Å². The van der Waals surface area contributed by atoms with Gasteiger partial charge < -0.3 is 19.9 Å². The minimum atomic E-state index is -0.819. The Balaban J connectivity index is 1.47. The number of benzene rings is 2. The Morgan fingerprint density at radius 1 is 1.00 bits per heavy atom. The molecule has 3 aromatic rings. The van der Waals surface area contributed by atoms with Crippen molar-refractivity contribution in [3.05, 3.63) is 89.7 Å². The van der Waals surface area contributed by atoms with Crippen molar-refractivity contribution in [3.8, 4) is 11.5 Å². The quantitative estimate of drug-likeness (QED) is 0.309. The van der Waals surface area contributed by atoms with Crippen LogP contribution in [0.15, 0.2) is 72.9 Å². The van der Waals surface area contributed by atoms with Gasteiger partial charge in [0.25, 0.3) is 5.91 Å². The lowest BCUT2D eigenvalue weighted by atomic mass is 9.78. The summed E-state index contributed by atoms with van der Waals surface area (Å²) in [6.07, 6.45) is 8.26. The molecule has 0 aliphatic carbocycles. The summed E-state index contributed by atoms with van der Waals surface area (Å²) < 4.78 is 11.1. The Kier molecular flexibility index (Phi) is 10.6. The number of pyridine rings is 1. The van der Waals surface area contributed by atoms with Gasteiger partial charge in [0.2, 0.25) is 0 Å². The number of carbonyl (C=O) groups excluding carboxylic acids is 2. The molecule has 1 aliphatic heterocycles. The molecular formula is C33H40N2O5. The molecular weight excluding hydrogens is 504 g/mol. The number of esters is 1. The van der Waals surface area contributed by atoms with Crippen molar-refractivity contribution in [3.63, 3.8) is 0 Å². The number of aromatic hydroxyl groups is 1. The highest BCUT2D eigenvalue weighted by Gasteiger charge is 2.34. The third-order valence-electron chi connectivity index (χ3n) is 7.98. The lowest BCUT2D eigenvalue weighted by Gasteiger charge is -2.31. The second-order valence-corrected chi connectivity index (χ2v) is 10.6. The Labute approximate surface area is 236 Å². The van der Waals surface area contributed by atoms with Gasteiger partial charge in [0.15, 0.2) is 17.2 Å². The van der Waals surface area contributed by atoms with Gasteiger partial charge in [-0.25, -0.2) is 9.78 Å². The van der Waals surface area contributed by atoms with Crippen molar-refractivity contribution < 1.29 is 24.2 Å². The first kappa shape index (κ1) is 29.1. The van der Waals surface area contributed by atoms with Crippen LogP contribution in [0, 0.1) is 11.8 Å². The largest absolute Gasteiger partial charge is 0.503 e. The normalized spacial score (nSPS) is 21.4. The van der Waals surface area contributed by atoms with E-state index in [0.29, 0.717) is 12.3 Å². The number of methoxy groups -OCH3 is 1. The van der Waals surface area contributed by atoms with E-state index in [1.807, 2.05) is 19.1 Å². The molecule has 40 heavy (non-hydrogen) atoms. The topological polar surface area (TPSA) is 97.8 Å². The van der Waals surface area contributed by atoms with Crippen LogP contribution >= 0.6 is 0 Å². The number of carbonyl (C=O) groups is 2. The van der Waals surface area contributed by atoms with Crippen molar-refractivity contribution in [2.45, 2.75) is 70.4 Å². The summed E-state index contributed by atoms with van der Waals surface area (Å²) in [6.45, 7) is 1.98. The molecule has 0 bridgehead atoms. The number of ether oxygens (including phenoxy) is 2. The fraction of sp³-hybridized carbons (Fsp3) is 0.424. The number of rotatable bonds is 10. The number of nitrogens with one attached hydrogen (secondary N) is 1. The fourth-order valence-corrected chi connectivity index (χ4v) is 5.80. The van der Waals surface area contributed by atoms with Crippen LogP contribution in [0.2, 0.25) is 0 Å². The summed E-state index contributed by atoms with van der Waals surface area (Å²) >= 11 is 0. The number of hydrogen-bond acceptors (Lipinski definition) is 6. The maximum Gasteiger partial charge on any atom is 0.328 e. The van der Waals surface area contributed by atoms with Gasteiger partial charge in [0.05, 0.1) is 7.11 Å². The van der Waals surface area contributed by atoms with Crippen LogP contribution in [0.4, 0.5) is 0 Å². The fourth-order valence-electron chi connectivity index (χ4n) is 5.80. The highest BCUT2D eigenvalue weighted by atomic mass is 16.5. The molecule has 1 fully saturated rings. The molecule has 0 radical (unpaired) electrons.